The summed E-state index contributed by atoms with van der Waals surface area (Å²) in [4.78, 5) is 0. The second-order valence-corrected chi connectivity index (χ2v) is 5.99. The Kier molecular flexibility index (Phi) is 6.32. The predicted octanol–water partition coefficient (Wildman–Crippen LogP) is 5.12. The molecule has 0 N–H and O–H groups in total. The maximum Gasteiger partial charge on any atom is 0.0643 e. The van der Waals surface area contributed by atoms with Gasteiger partial charge in [-0.3, -0.25) is 0 Å². The minimum absolute atomic E-state index is 0.749. The van der Waals surface area contributed by atoms with Gasteiger partial charge in [-0.1, -0.05) is 49.8 Å². The van der Waals surface area contributed by atoms with Gasteiger partial charge in [-0.25, -0.2) is 0 Å². The van der Waals surface area contributed by atoms with Crippen LogP contribution in [0.15, 0.2) is 36.4 Å². The summed E-state index contributed by atoms with van der Waals surface area (Å²) in [5, 5.41) is 0. The van der Waals surface area contributed by atoms with E-state index in [0.29, 0.717) is 0 Å². The molecule has 1 heteroatoms. The number of ether oxygens (including phenoxy) is 1. The number of rotatable bonds is 6. The summed E-state index contributed by atoms with van der Waals surface area (Å²) in [5.41, 5.74) is 3.02. The zero-order chi connectivity index (χ0) is 14.2. The Balaban J connectivity index is 1.83. The van der Waals surface area contributed by atoms with E-state index in [4.69, 9.17) is 4.74 Å². The molecule has 0 atom stereocenters. The Morgan fingerprint density at radius 1 is 1.10 bits per heavy atom. The molecule has 2 rings (SSSR count). The molecule has 0 radical (unpaired) electrons. The molecule has 1 aliphatic carbocycles. The maximum atomic E-state index is 5.07. The average Bonchev–Trinajstić information content (AvgIpc) is 2.49. The van der Waals surface area contributed by atoms with Crippen LogP contribution < -0.4 is 0 Å². The molecule has 20 heavy (non-hydrogen) atoms. The number of hydrogen-bond donors (Lipinski definition) is 0. The van der Waals surface area contributed by atoms with E-state index in [9.17, 15) is 0 Å². The first-order valence-electron chi connectivity index (χ1n) is 8.08. The van der Waals surface area contributed by atoms with Crippen LogP contribution in [0.2, 0.25) is 0 Å². The Morgan fingerprint density at radius 3 is 2.40 bits per heavy atom. The standard InChI is InChI=1S/C19H28O/c1-3-5-16-7-11-18(12-8-16)19-13-9-17(10-14-19)6-4-15-20-2/h4,6-8,11-12,17,19H,3,5,9-10,13-15H2,1-2H3/b6-4+. The molecule has 1 aromatic carbocycles. The van der Waals surface area contributed by atoms with E-state index in [1.807, 2.05) is 0 Å². The molecular formula is C19H28O. The molecule has 110 valence electrons. The molecule has 0 bridgehead atoms. The van der Waals surface area contributed by atoms with Crippen molar-refractivity contribution in [3.05, 3.63) is 47.5 Å². The summed E-state index contributed by atoms with van der Waals surface area (Å²) in [5.74, 6) is 1.54. The molecule has 0 unspecified atom stereocenters. The first-order valence-corrected chi connectivity index (χ1v) is 8.08. The minimum atomic E-state index is 0.749. The minimum Gasteiger partial charge on any atom is -0.381 e. The molecule has 0 aromatic heterocycles. The summed E-state index contributed by atoms with van der Waals surface area (Å²) < 4.78 is 5.07. The normalized spacial score (nSPS) is 23.3. The molecule has 1 aliphatic rings. The highest BCUT2D eigenvalue weighted by atomic mass is 16.5. The lowest BCUT2D eigenvalue weighted by Crippen LogP contribution is -2.11. The van der Waals surface area contributed by atoms with Crippen LogP contribution in [0.5, 0.6) is 0 Å². The Morgan fingerprint density at radius 2 is 1.80 bits per heavy atom. The van der Waals surface area contributed by atoms with Crippen LogP contribution >= 0.6 is 0 Å². The zero-order valence-corrected chi connectivity index (χ0v) is 13.0. The van der Waals surface area contributed by atoms with Crippen LogP contribution in [-0.4, -0.2) is 13.7 Å². The molecular weight excluding hydrogens is 244 g/mol. The van der Waals surface area contributed by atoms with Gasteiger partial charge in [0.25, 0.3) is 0 Å². The number of methoxy groups -OCH3 is 1. The summed E-state index contributed by atoms with van der Waals surface area (Å²) in [7, 11) is 1.75. The fourth-order valence-electron chi connectivity index (χ4n) is 3.23. The fraction of sp³-hybridized carbons (Fsp3) is 0.579. The highest BCUT2D eigenvalue weighted by Gasteiger charge is 2.20. The number of aryl methyl sites for hydroxylation is 1. The zero-order valence-electron chi connectivity index (χ0n) is 13.0. The Bertz CT molecular complexity index is 396. The van der Waals surface area contributed by atoms with Crippen LogP contribution in [0, 0.1) is 5.92 Å². The number of allylic oxidation sites excluding steroid dienone is 1. The van der Waals surface area contributed by atoms with Crippen molar-refractivity contribution in [2.75, 3.05) is 13.7 Å². The van der Waals surface area contributed by atoms with Gasteiger partial charge in [0.05, 0.1) is 6.61 Å². The van der Waals surface area contributed by atoms with Gasteiger partial charge in [0.1, 0.15) is 0 Å². The molecule has 1 nitrogen and oxygen atoms in total. The van der Waals surface area contributed by atoms with E-state index in [1.54, 1.807) is 12.7 Å². The van der Waals surface area contributed by atoms with Gasteiger partial charge in [0.15, 0.2) is 0 Å². The van der Waals surface area contributed by atoms with E-state index in [2.05, 4.69) is 43.3 Å². The smallest absolute Gasteiger partial charge is 0.0643 e. The lowest BCUT2D eigenvalue weighted by Gasteiger charge is -2.27. The van der Waals surface area contributed by atoms with Gasteiger partial charge in [-0.05, 0) is 55.1 Å². The predicted molar refractivity (Wildman–Crippen MR) is 86.2 cm³/mol. The van der Waals surface area contributed by atoms with Crippen LogP contribution in [0.3, 0.4) is 0 Å². The van der Waals surface area contributed by atoms with Gasteiger partial charge in [0.2, 0.25) is 0 Å². The van der Waals surface area contributed by atoms with Crippen molar-refractivity contribution in [2.24, 2.45) is 5.92 Å². The van der Waals surface area contributed by atoms with E-state index in [1.165, 1.54) is 44.1 Å². The number of benzene rings is 1. The van der Waals surface area contributed by atoms with E-state index < -0.39 is 0 Å². The lowest BCUT2D eigenvalue weighted by atomic mass is 9.78. The van der Waals surface area contributed by atoms with Crippen molar-refractivity contribution in [3.63, 3.8) is 0 Å². The van der Waals surface area contributed by atoms with E-state index in [-0.39, 0.29) is 0 Å². The molecule has 0 amide bonds. The van der Waals surface area contributed by atoms with Gasteiger partial charge >= 0.3 is 0 Å². The largest absolute Gasteiger partial charge is 0.381 e. The van der Waals surface area contributed by atoms with Crippen molar-refractivity contribution < 1.29 is 4.74 Å². The fourth-order valence-corrected chi connectivity index (χ4v) is 3.23. The van der Waals surface area contributed by atoms with E-state index >= 15 is 0 Å². The van der Waals surface area contributed by atoms with Crippen LogP contribution in [-0.2, 0) is 11.2 Å². The van der Waals surface area contributed by atoms with Crippen molar-refractivity contribution >= 4 is 0 Å². The number of hydrogen-bond acceptors (Lipinski definition) is 1. The Hall–Kier alpha value is -1.08. The SMILES string of the molecule is CCCc1ccc(C2CCC(/C=C/COC)CC2)cc1. The van der Waals surface area contributed by atoms with Crippen molar-refractivity contribution in [1.82, 2.24) is 0 Å². The first-order chi connectivity index (χ1) is 9.83. The quantitative estimate of drug-likeness (QED) is 0.653. The van der Waals surface area contributed by atoms with Gasteiger partial charge in [-0.15, -0.1) is 0 Å². The van der Waals surface area contributed by atoms with Crippen molar-refractivity contribution in [2.45, 2.75) is 51.4 Å². The summed E-state index contributed by atoms with van der Waals surface area (Å²) in [6, 6.07) is 9.36. The highest BCUT2D eigenvalue weighted by molar-refractivity contribution is 5.26. The van der Waals surface area contributed by atoms with Crippen LogP contribution in [0.1, 0.15) is 56.1 Å². The lowest BCUT2D eigenvalue weighted by molar-refractivity contribution is 0.233. The Labute approximate surface area is 124 Å². The summed E-state index contributed by atoms with van der Waals surface area (Å²) in [6.07, 6.45) is 12.3. The molecule has 1 aromatic rings. The summed E-state index contributed by atoms with van der Waals surface area (Å²) >= 11 is 0. The average molecular weight is 272 g/mol. The third-order valence-electron chi connectivity index (χ3n) is 4.43. The van der Waals surface area contributed by atoms with Gasteiger partial charge in [0, 0.05) is 7.11 Å². The monoisotopic (exact) mass is 272 g/mol. The molecule has 0 heterocycles. The maximum absolute atomic E-state index is 5.07. The first kappa shape index (κ1) is 15.3. The molecule has 0 saturated heterocycles. The van der Waals surface area contributed by atoms with Crippen LogP contribution in [0.4, 0.5) is 0 Å². The molecule has 0 aliphatic heterocycles. The highest BCUT2D eigenvalue weighted by Crippen LogP contribution is 2.36. The molecule has 1 saturated carbocycles. The second kappa shape index (κ2) is 8.26. The van der Waals surface area contributed by atoms with Crippen LogP contribution in [0.25, 0.3) is 0 Å². The molecule has 1 fully saturated rings. The van der Waals surface area contributed by atoms with Crippen molar-refractivity contribution in [1.29, 1.82) is 0 Å². The second-order valence-electron chi connectivity index (χ2n) is 5.99. The van der Waals surface area contributed by atoms with Gasteiger partial charge in [-0.2, -0.15) is 0 Å². The third-order valence-corrected chi connectivity index (χ3v) is 4.43. The van der Waals surface area contributed by atoms with Gasteiger partial charge < -0.3 is 4.74 Å². The summed E-state index contributed by atoms with van der Waals surface area (Å²) in [6.45, 7) is 2.99. The van der Waals surface area contributed by atoms with E-state index in [0.717, 1.165) is 18.4 Å². The van der Waals surface area contributed by atoms with Crippen molar-refractivity contribution in [3.8, 4) is 0 Å². The topological polar surface area (TPSA) is 9.23 Å². The molecule has 0 spiro atoms. The third kappa shape index (κ3) is 4.49.